The Balaban J connectivity index is 2.01. The molecule has 1 heterocycles. The zero-order chi connectivity index (χ0) is 11.4. The number of nitrogens with zero attached hydrogens (tertiary/aromatic N) is 1. The summed E-state index contributed by atoms with van der Waals surface area (Å²) in [5.74, 6) is 0. The lowest BCUT2D eigenvalue weighted by atomic mass is 9.65. The van der Waals surface area contributed by atoms with Gasteiger partial charge in [0.2, 0.25) is 0 Å². The van der Waals surface area contributed by atoms with Crippen molar-refractivity contribution in [2.75, 3.05) is 13.1 Å². The average Bonchev–Trinajstić information content (AvgIpc) is 2.22. The van der Waals surface area contributed by atoms with Crippen LogP contribution in [-0.2, 0) is 6.42 Å². The summed E-state index contributed by atoms with van der Waals surface area (Å²) in [5.41, 5.74) is 1.85. The predicted molar refractivity (Wildman–Crippen MR) is 70.5 cm³/mol. The van der Waals surface area contributed by atoms with Crippen LogP contribution in [0.25, 0.3) is 0 Å². The summed E-state index contributed by atoms with van der Waals surface area (Å²) in [5, 5.41) is 3.49. The quantitative estimate of drug-likeness (QED) is 0.897. The summed E-state index contributed by atoms with van der Waals surface area (Å²) in [6.07, 6.45) is 9.09. The van der Waals surface area contributed by atoms with Gasteiger partial charge < -0.3 is 5.32 Å². The third-order valence-electron chi connectivity index (χ3n) is 3.50. The fourth-order valence-electron chi connectivity index (χ4n) is 2.47. The van der Waals surface area contributed by atoms with E-state index in [0.29, 0.717) is 5.41 Å². The van der Waals surface area contributed by atoms with Crippen LogP contribution in [0.4, 0.5) is 0 Å². The second-order valence-electron chi connectivity index (χ2n) is 4.82. The minimum Gasteiger partial charge on any atom is -0.316 e. The normalized spacial score (nSPS) is 18.1. The standard InChI is InChI=1S/C13H19BrN2/c1-2-15-10-13(4-3-5-13)7-11-6-12(14)9-16-8-11/h6,8-9,15H,2-5,7,10H2,1H3. The molecule has 2 nitrogen and oxygen atoms in total. The Morgan fingerprint density at radius 2 is 2.25 bits per heavy atom. The van der Waals surface area contributed by atoms with Crippen molar-refractivity contribution in [3.05, 3.63) is 28.5 Å². The van der Waals surface area contributed by atoms with Crippen LogP contribution in [0.1, 0.15) is 31.7 Å². The second-order valence-corrected chi connectivity index (χ2v) is 5.74. The first-order chi connectivity index (χ1) is 7.74. The Hall–Kier alpha value is -0.410. The third kappa shape index (κ3) is 2.83. The fraction of sp³-hybridized carbons (Fsp3) is 0.615. The van der Waals surface area contributed by atoms with Gasteiger partial charge in [0, 0.05) is 23.4 Å². The maximum atomic E-state index is 4.24. The van der Waals surface area contributed by atoms with Crippen LogP contribution >= 0.6 is 15.9 Å². The van der Waals surface area contributed by atoms with Gasteiger partial charge in [0.1, 0.15) is 0 Å². The molecule has 16 heavy (non-hydrogen) atoms. The van der Waals surface area contributed by atoms with Crippen LogP contribution in [0.2, 0.25) is 0 Å². The lowest BCUT2D eigenvalue weighted by Gasteiger charge is -2.42. The number of hydrogen-bond acceptors (Lipinski definition) is 2. The Bertz CT molecular complexity index is 348. The van der Waals surface area contributed by atoms with Crippen molar-refractivity contribution in [3.8, 4) is 0 Å². The SMILES string of the molecule is CCNCC1(Cc2cncc(Br)c2)CCC1. The highest BCUT2D eigenvalue weighted by Gasteiger charge is 2.36. The highest BCUT2D eigenvalue weighted by Crippen LogP contribution is 2.43. The van der Waals surface area contributed by atoms with E-state index in [1.54, 1.807) is 0 Å². The zero-order valence-corrected chi connectivity index (χ0v) is 11.4. The molecule has 88 valence electrons. The van der Waals surface area contributed by atoms with Gasteiger partial charge >= 0.3 is 0 Å². The molecule has 1 N–H and O–H groups in total. The van der Waals surface area contributed by atoms with Crippen LogP contribution in [-0.4, -0.2) is 18.1 Å². The summed E-state index contributed by atoms with van der Waals surface area (Å²) in [6, 6.07) is 2.19. The highest BCUT2D eigenvalue weighted by atomic mass is 79.9. The van der Waals surface area contributed by atoms with E-state index in [9.17, 15) is 0 Å². The van der Waals surface area contributed by atoms with E-state index in [2.05, 4.69) is 39.2 Å². The van der Waals surface area contributed by atoms with Crippen LogP contribution in [0.15, 0.2) is 22.9 Å². The molecule has 0 unspecified atom stereocenters. The number of nitrogens with one attached hydrogen (secondary N) is 1. The van der Waals surface area contributed by atoms with E-state index in [-0.39, 0.29) is 0 Å². The number of halogens is 1. The topological polar surface area (TPSA) is 24.9 Å². The monoisotopic (exact) mass is 282 g/mol. The summed E-state index contributed by atoms with van der Waals surface area (Å²) in [7, 11) is 0. The fourth-order valence-corrected chi connectivity index (χ4v) is 2.88. The molecule has 0 amide bonds. The molecule has 1 aromatic rings. The molecule has 0 saturated heterocycles. The molecule has 0 atom stereocenters. The van der Waals surface area contributed by atoms with Gasteiger partial charge in [-0.15, -0.1) is 0 Å². The molecule has 0 aliphatic heterocycles. The van der Waals surface area contributed by atoms with Gasteiger partial charge in [-0.1, -0.05) is 13.3 Å². The molecule has 0 aromatic carbocycles. The number of hydrogen-bond donors (Lipinski definition) is 1. The molecule has 1 saturated carbocycles. The Labute approximate surface area is 106 Å². The number of pyridine rings is 1. The first-order valence-corrected chi connectivity index (χ1v) is 6.84. The average molecular weight is 283 g/mol. The highest BCUT2D eigenvalue weighted by molar-refractivity contribution is 9.10. The van der Waals surface area contributed by atoms with Crippen LogP contribution in [0.3, 0.4) is 0 Å². The third-order valence-corrected chi connectivity index (χ3v) is 3.94. The molecule has 1 fully saturated rings. The van der Waals surface area contributed by atoms with Gasteiger partial charge in [0.15, 0.2) is 0 Å². The van der Waals surface area contributed by atoms with Crippen molar-refractivity contribution in [1.82, 2.24) is 10.3 Å². The van der Waals surface area contributed by atoms with Crippen molar-refractivity contribution in [2.24, 2.45) is 5.41 Å². The Morgan fingerprint density at radius 1 is 1.44 bits per heavy atom. The molecule has 1 aliphatic carbocycles. The maximum absolute atomic E-state index is 4.24. The van der Waals surface area contributed by atoms with E-state index < -0.39 is 0 Å². The van der Waals surface area contributed by atoms with Crippen molar-refractivity contribution < 1.29 is 0 Å². The van der Waals surface area contributed by atoms with Crippen LogP contribution in [0, 0.1) is 5.41 Å². The lowest BCUT2D eigenvalue weighted by Crippen LogP contribution is -2.41. The number of rotatable bonds is 5. The van der Waals surface area contributed by atoms with Crippen LogP contribution in [0.5, 0.6) is 0 Å². The molecular formula is C13H19BrN2. The summed E-state index contributed by atoms with van der Waals surface area (Å²) >= 11 is 3.48. The lowest BCUT2D eigenvalue weighted by molar-refractivity contribution is 0.131. The first kappa shape index (κ1) is 12.1. The minimum absolute atomic E-state index is 0.498. The molecule has 0 spiro atoms. The summed E-state index contributed by atoms with van der Waals surface area (Å²) in [4.78, 5) is 4.24. The largest absolute Gasteiger partial charge is 0.316 e. The van der Waals surface area contributed by atoms with Crippen molar-refractivity contribution in [3.63, 3.8) is 0 Å². The van der Waals surface area contributed by atoms with Crippen molar-refractivity contribution in [1.29, 1.82) is 0 Å². The van der Waals surface area contributed by atoms with E-state index in [4.69, 9.17) is 0 Å². The molecule has 0 bridgehead atoms. The number of aromatic nitrogens is 1. The van der Waals surface area contributed by atoms with Crippen LogP contribution < -0.4 is 5.32 Å². The van der Waals surface area contributed by atoms with Crippen molar-refractivity contribution in [2.45, 2.75) is 32.6 Å². The van der Waals surface area contributed by atoms with Crippen molar-refractivity contribution >= 4 is 15.9 Å². The second kappa shape index (κ2) is 5.28. The molecule has 3 heteroatoms. The van der Waals surface area contributed by atoms with Gasteiger partial charge in [-0.3, -0.25) is 4.98 Å². The molecule has 1 aliphatic rings. The van der Waals surface area contributed by atoms with E-state index in [1.807, 2.05) is 12.4 Å². The maximum Gasteiger partial charge on any atom is 0.0410 e. The van der Waals surface area contributed by atoms with E-state index >= 15 is 0 Å². The Morgan fingerprint density at radius 3 is 2.81 bits per heavy atom. The molecule has 1 aromatic heterocycles. The minimum atomic E-state index is 0.498. The zero-order valence-electron chi connectivity index (χ0n) is 9.80. The molecular weight excluding hydrogens is 264 g/mol. The predicted octanol–water partition coefficient (Wildman–Crippen LogP) is 3.17. The van der Waals surface area contributed by atoms with Gasteiger partial charge in [-0.05, 0) is 58.8 Å². The van der Waals surface area contributed by atoms with Gasteiger partial charge in [0.05, 0.1) is 0 Å². The van der Waals surface area contributed by atoms with Gasteiger partial charge in [0.25, 0.3) is 0 Å². The van der Waals surface area contributed by atoms with Gasteiger partial charge in [-0.25, -0.2) is 0 Å². The Kier molecular flexibility index (Phi) is 3.98. The molecule has 2 rings (SSSR count). The summed E-state index contributed by atoms with van der Waals surface area (Å²) in [6.45, 7) is 4.39. The van der Waals surface area contributed by atoms with E-state index in [0.717, 1.165) is 24.0 Å². The van der Waals surface area contributed by atoms with Gasteiger partial charge in [-0.2, -0.15) is 0 Å². The van der Waals surface area contributed by atoms with E-state index in [1.165, 1.54) is 24.8 Å². The summed E-state index contributed by atoms with van der Waals surface area (Å²) < 4.78 is 1.09. The smallest absolute Gasteiger partial charge is 0.0410 e. The first-order valence-electron chi connectivity index (χ1n) is 6.04. The molecule has 0 radical (unpaired) electrons.